The molecule has 4 rings (SSSR count). The molecule has 0 radical (unpaired) electrons. The summed E-state index contributed by atoms with van der Waals surface area (Å²) in [6.07, 6.45) is 3.94. The zero-order chi connectivity index (χ0) is 27.4. The van der Waals surface area contributed by atoms with Crippen LogP contribution in [0.4, 0.5) is 10.2 Å². The number of aliphatic hydroxyl groups excluding tert-OH is 1. The Morgan fingerprint density at radius 1 is 1.21 bits per heavy atom. The Morgan fingerprint density at radius 2 is 1.95 bits per heavy atom. The highest BCUT2D eigenvalue weighted by Crippen LogP contribution is 2.25. The second-order valence-corrected chi connectivity index (χ2v) is 9.59. The van der Waals surface area contributed by atoms with Gasteiger partial charge in [0.15, 0.2) is 12.0 Å². The van der Waals surface area contributed by atoms with Crippen LogP contribution in [0.1, 0.15) is 36.8 Å². The van der Waals surface area contributed by atoms with Crippen molar-refractivity contribution in [1.82, 2.24) is 19.8 Å². The lowest BCUT2D eigenvalue weighted by molar-refractivity contribution is -0.616. The maximum absolute atomic E-state index is 13.2. The SMILES string of the molecule is CC(C(=O)Nc1cnc(Oc2ccc(F)cc2)cn1)N1CCN(C(=O)c2cc[n+]([O-])c(CO)c2)C(C)(C)C1. The van der Waals surface area contributed by atoms with Gasteiger partial charge in [-0.3, -0.25) is 14.5 Å². The monoisotopic (exact) mass is 524 g/mol. The van der Waals surface area contributed by atoms with Crippen LogP contribution in [0.2, 0.25) is 0 Å². The number of amides is 2. The number of pyridine rings is 1. The Hall–Kier alpha value is -4.16. The molecular formula is C26H29FN6O5. The first-order valence-corrected chi connectivity index (χ1v) is 12.0. The smallest absolute Gasteiger partial charge is 0.254 e. The van der Waals surface area contributed by atoms with Crippen molar-refractivity contribution < 1.29 is 28.6 Å². The first-order chi connectivity index (χ1) is 18.1. The second-order valence-electron chi connectivity index (χ2n) is 9.59. The number of carbonyl (C=O) groups excluding carboxylic acids is 2. The minimum absolute atomic E-state index is 0.0933. The van der Waals surface area contributed by atoms with E-state index in [1.54, 1.807) is 11.8 Å². The number of ether oxygens (including phenoxy) is 1. The van der Waals surface area contributed by atoms with Gasteiger partial charge in [-0.2, -0.15) is 4.73 Å². The minimum Gasteiger partial charge on any atom is -0.618 e. The summed E-state index contributed by atoms with van der Waals surface area (Å²) in [7, 11) is 0. The summed E-state index contributed by atoms with van der Waals surface area (Å²) in [4.78, 5) is 38.1. The lowest BCUT2D eigenvalue weighted by atomic mass is 9.96. The lowest BCUT2D eigenvalue weighted by Crippen LogP contribution is -2.63. The molecule has 1 aliphatic rings. The van der Waals surface area contributed by atoms with E-state index in [2.05, 4.69) is 15.3 Å². The fourth-order valence-corrected chi connectivity index (χ4v) is 4.29. The van der Waals surface area contributed by atoms with Gasteiger partial charge in [0.2, 0.25) is 17.5 Å². The Balaban J connectivity index is 1.35. The number of piperazine rings is 1. The van der Waals surface area contributed by atoms with Gasteiger partial charge in [-0.05, 0) is 45.0 Å². The van der Waals surface area contributed by atoms with Crippen molar-refractivity contribution in [3.63, 3.8) is 0 Å². The van der Waals surface area contributed by atoms with Crippen molar-refractivity contribution in [1.29, 1.82) is 0 Å². The molecule has 12 heteroatoms. The normalized spacial score (nSPS) is 16.1. The molecule has 1 fully saturated rings. The van der Waals surface area contributed by atoms with Crippen LogP contribution in [-0.4, -0.2) is 67.9 Å². The van der Waals surface area contributed by atoms with Gasteiger partial charge >= 0.3 is 0 Å². The summed E-state index contributed by atoms with van der Waals surface area (Å²) in [6, 6.07) is 7.79. The Morgan fingerprint density at radius 3 is 2.58 bits per heavy atom. The second kappa shape index (κ2) is 11.1. The third-order valence-electron chi connectivity index (χ3n) is 6.42. The molecule has 3 aromatic rings. The molecule has 38 heavy (non-hydrogen) atoms. The number of benzene rings is 1. The van der Waals surface area contributed by atoms with Crippen LogP contribution in [0, 0.1) is 11.0 Å². The predicted octanol–water partition coefficient (Wildman–Crippen LogP) is 2.10. The van der Waals surface area contributed by atoms with E-state index in [1.807, 2.05) is 18.7 Å². The van der Waals surface area contributed by atoms with Gasteiger partial charge < -0.3 is 25.3 Å². The zero-order valence-corrected chi connectivity index (χ0v) is 21.3. The fourth-order valence-electron chi connectivity index (χ4n) is 4.29. The van der Waals surface area contributed by atoms with Gasteiger partial charge in [0, 0.05) is 31.8 Å². The number of aromatic nitrogens is 3. The van der Waals surface area contributed by atoms with E-state index in [0.717, 1.165) is 0 Å². The van der Waals surface area contributed by atoms with Crippen molar-refractivity contribution in [3.8, 4) is 11.6 Å². The molecule has 0 spiro atoms. The predicted molar refractivity (Wildman–Crippen MR) is 135 cm³/mol. The van der Waals surface area contributed by atoms with Gasteiger partial charge in [0.25, 0.3) is 5.91 Å². The summed E-state index contributed by atoms with van der Waals surface area (Å²) in [5, 5.41) is 23.8. The summed E-state index contributed by atoms with van der Waals surface area (Å²) in [6.45, 7) is 6.40. The molecule has 2 N–H and O–H groups in total. The van der Waals surface area contributed by atoms with Crippen molar-refractivity contribution in [2.24, 2.45) is 0 Å². The van der Waals surface area contributed by atoms with E-state index in [9.17, 15) is 24.3 Å². The number of nitrogens with one attached hydrogen (secondary N) is 1. The molecule has 1 unspecified atom stereocenters. The third-order valence-corrected chi connectivity index (χ3v) is 6.42. The van der Waals surface area contributed by atoms with Crippen molar-refractivity contribution in [2.75, 3.05) is 25.0 Å². The van der Waals surface area contributed by atoms with Crippen LogP contribution < -0.4 is 14.8 Å². The highest BCUT2D eigenvalue weighted by molar-refractivity contribution is 5.95. The highest BCUT2D eigenvalue weighted by Gasteiger charge is 2.40. The van der Waals surface area contributed by atoms with Crippen LogP contribution in [0.15, 0.2) is 55.0 Å². The molecule has 0 bridgehead atoms. The summed E-state index contributed by atoms with van der Waals surface area (Å²) in [5.41, 5.74) is -0.194. The fraction of sp³-hybridized carbons (Fsp3) is 0.346. The van der Waals surface area contributed by atoms with Gasteiger partial charge in [0.1, 0.15) is 18.2 Å². The summed E-state index contributed by atoms with van der Waals surface area (Å²) in [5.74, 6) is -0.0574. The van der Waals surface area contributed by atoms with E-state index in [4.69, 9.17) is 4.74 Å². The quantitative estimate of drug-likeness (QED) is 0.354. The molecule has 1 aliphatic heterocycles. The molecular weight excluding hydrogens is 495 g/mol. The van der Waals surface area contributed by atoms with Crippen LogP contribution in [-0.2, 0) is 11.4 Å². The highest BCUT2D eigenvalue weighted by atomic mass is 19.1. The standard InChI is InChI=1S/C26H29FN6O5/c1-17(24(35)30-22-13-29-23(14-28-22)38-21-6-4-19(27)5-7-21)31-10-11-32(26(2,3)16-31)25(36)18-8-9-33(37)20(12-18)15-34/h4-9,12-14,17,34H,10-11,15-16H2,1-3H3,(H,28,30,35). The Bertz CT molecular complexity index is 1300. The van der Waals surface area contributed by atoms with Crippen LogP contribution in [0.25, 0.3) is 0 Å². The molecule has 1 aromatic carbocycles. The maximum Gasteiger partial charge on any atom is 0.254 e. The van der Waals surface area contributed by atoms with E-state index in [0.29, 0.717) is 35.7 Å². The topological polar surface area (TPSA) is 135 Å². The summed E-state index contributed by atoms with van der Waals surface area (Å²) < 4.78 is 19.1. The molecule has 1 atom stereocenters. The average molecular weight is 525 g/mol. The molecule has 1 saturated heterocycles. The zero-order valence-electron chi connectivity index (χ0n) is 21.3. The van der Waals surface area contributed by atoms with Crippen molar-refractivity contribution in [2.45, 2.75) is 39.0 Å². The van der Waals surface area contributed by atoms with Gasteiger partial charge in [0.05, 0.1) is 29.5 Å². The minimum atomic E-state index is -0.605. The van der Waals surface area contributed by atoms with E-state index in [-0.39, 0.29) is 35.0 Å². The Labute approximate surface area is 219 Å². The number of hydrogen-bond acceptors (Lipinski definition) is 8. The van der Waals surface area contributed by atoms with Crippen LogP contribution in [0.3, 0.4) is 0 Å². The van der Waals surface area contributed by atoms with Crippen LogP contribution >= 0.6 is 0 Å². The molecule has 0 saturated carbocycles. The molecule has 2 aromatic heterocycles. The Kier molecular flexibility index (Phi) is 7.83. The van der Waals surface area contributed by atoms with Crippen molar-refractivity contribution in [3.05, 3.63) is 77.3 Å². The van der Waals surface area contributed by atoms with Gasteiger partial charge in [-0.1, -0.05) is 0 Å². The van der Waals surface area contributed by atoms with Crippen LogP contribution in [0.5, 0.6) is 11.6 Å². The van der Waals surface area contributed by atoms with Gasteiger partial charge in [-0.25, -0.2) is 14.4 Å². The molecule has 200 valence electrons. The number of nitrogens with zero attached hydrogens (tertiary/aromatic N) is 5. The van der Waals surface area contributed by atoms with E-state index >= 15 is 0 Å². The number of anilines is 1. The summed E-state index contributed by atoms with van der Waals surface area (Å²) >= 11 is 0. The lowest BCUT2D eigenvalue weighted by Gasteiger charge is -2.48. The first kappa shape index (κ1) is 26.9. The molecule has 0 aliphatic carbocycles. The molecule has 3 heterocycles. The molecule has 2 amide bonds. The first-order valence-electron chi connectivity index (χ1n) is 12.0. The number of aliphatic hydroxyl groups is 1. The van der Waals surface area contributed by atoms with E-state index < -0.39 is 18.2 Å². The molecule has 11 nitrogen and oxygen atoms in total. The maximum atomic E-state index is 13.2. The third kappa shape index (κ3) is 6.03. The average Bonchev–Trinajstić information content (AvgIpc) is 2.90. The number of halogens is 1. The van der Waals surface area contributed by atoms with Crippen molar-refractivity contribution >= 4 is 17.6 Å². The van der Waals surface area contributed by atoms with E-state index in [1.165, 1.54) is 55.0 Å². The number of carbonyl (C=O) groups is 2. The number of rotatable bonds is 7. The number of hydrogen-bond donors (Lipinski definition) is 2. The van der Waals surface area contributed by atoms with Gasteiger partial charge in [-0.15, -0.1) is 0 Å². The largest absolute Gasteiger partial charge is 0.618 e.